The minimum atomic E-state index is -0.366. The Hall–Kier alpha value is -1.71. The van der Waals surface area contributed by atoms with Crippen LogP contribution in [0.1, 0.15) is 36.0 Å². The first-order valence-corrected chi connectivity index (χ1v) is 11.3. The van der Waals surface area contributed by atoms with Crippen LogP contribution < -0.4 is 5.32 Å². The van der Waals surface area contributed by atoms with Gasteiger partial charge in [-0.05, 0) is 55.0 Å². The number of hydrogen-bond donors (Lipinski definition) is 2. The molecule has 0 aliphatic carbocycles. The lowest BCUT2D eigenvalue weighted by Crippen LogP contribution is -2.56. The summed E-state index contributed by atoms with van der Waals surface area (Å²) in [4.78, 5) is 9.54. The van der Waals surface area contributed by atoms with Gasteiger partial charge in [-0.15, -0.1) is 24.0 Å². The van der Waals surface area contributed by atoms with E-state index in [1.807, 2.05) is 7.05 Å². The van der Waals surface area contributed by atoms with Gasteiger partial charge >= 0.3 is 0 Å². The number of aliphatic hydroxyl groups is 1. The second-order valence-corrected chi connectivity index (χ2v) is 8.65. The van der Waals surface area contributed by atoms with E-state index in [0.717, 1.165) is 37.6 Å². The van der Waals surface area contributed by atoms with Crippen LogP contribution in [0.4, 0.5) is 4.39 Å². The van der Waals surface area contributed by atoms with Gasteiger partial charge in [0, 0.05) is 44.8 Å². The first-order valence-electron chi connectivity index (χ1n) is 11.3. The first-order chi connectivity index (χ1) is 15.2. The van der Waals surface area contributed by atoms with Gasteiger partial charge in [-0.3, -0.25) is 9.89 Å². The van der Waals surface area contributed by atoms with E-state index in [1.54, 1.807) is 12.1 Å². The van der Waals surface area contributed by atoms with Gasteiger partial charge in [0.05, 0.1) is 6.61 Å². The Kier molecular flexibility index (Phi) is 9.31. The fourth-order valence-electron chi connectivity index (χ4n) is 5.09. The van der Waals surface area contributed by atoms with E-state index in [4.69, 9.17) is 0 Å². The minimum Gasteiger partial charge on any atom is -0.392 e. The summed E-state index contributed by atoms with van der Waals surface area (Å²) >= 11 is 0. The highest BCUT2D eigenvalue weighted by Crippen LogP contribution is 2.31. The molecule has 2 fully saturated rings. The number of benzene rings is 2. The molecule has 2 aliphatic rings. The Morgan fingerprint density at radius 2 is 1.94 bits per heavy atom. The van der Waals surface area contributed by atoms with E-state index in [2.05, 4.69) is 50.4 Å². The highest BCUT2D eigenvalue weighted by Gasteiger charge is 2.36. The summed E-state index contributed by atoms with van der Waals surface area (Å²) in [6.07, 6.45) is 3.65. The SMILES string of the molecule is CN=C(NCc1ccc(F)c(CO)c1)N1CCC2C(CCCN2Cc2ccccc2)C1.I. The molecule has 0 spiro atoms. The predicted octanol–water partition coefficient (Wildman–Crippen LogP) is 4.00. The molecule has 32 heavy (non-hydrogen) atoms. The van der Waals surface area contributed by atoms with Crippen LogP contribution in [0.15, 0.2) is 53.5 Å². The van der Waals surface area contributed by atoms with Crippen molar-refractivity contribution in [2.24, 2.45) is 10.9 Å². The van der Waals surface area contributed by atoms with Crippen LogP contribution in [-0.4, -0.2) is 53.6 Å². The largest absolute Gasteiger partial charge is 0.392 e. The number of nitrogens with zero attached hydrogens (tertiary/aromatic N) is 3. The van der Waals surface area contributed by atoms with E-state index >= 15 is 0 Å². The maximum Gasteiger partial charge on any atom is 0.193 e. The van der Waals surface area contributed by atoms with Crippen molar-refractivity contribution in [1.29, 1.82) is 0 Å². The summed E-state index contributed by atoms with van der Waals surface area (Å²) in [5.41, 5.74) is 2.66. The lowest BCUT2D eigenvalue weighted by Gasteiger charge is -2.48. The van der Waals surface area contributed by atoms with Gasteiger partial charge in [-0.2, -0.15) is 0 Å². The molecule has 2 unspecified atom stereocenters. The number of aliphatic hydroxyl groups excluding tert-OH is 1. The summed E-state index contributed by atoms with van der Waals surface area (Å²) in [5, 5.41) is 12.7. The second-order valence-electron chi connectivity index (χ2n) is 8.65. The predicted molar refractivity (Wildman–Crippen MR) is 137 cm³/mol. The van der Waals surface area contributed by atoms with Gasteiger partial charge in [0.15, 0.2) is 5.96 Å². The third kappa shape index (κ3) is 5.99. The molecule has 2 aromatic rings. The van der Waals surface area contributed by atoms with Crippen LogP contribution >= 0.6 is 24.0 Å². The number of nitrogens with one attached hydrogen (secondary N) is 1. The number of fused-ring (bicyclic) bond motifs is 1. The molecule has 7 heteroatoms. The van der Waals surface area contributed by atoms with Crippen molar-refractivity contribution in [2.45, 2.75) is 45.0 Å². The summed E-state index contributed by atoms with van der Waals surface area (Å²) in [7, 11) is 1.82. The third-order valence-electron chi connectivity index (χ3n) is 6.65. The molecule has 5 nitrogen and oxygen atoms in total. The van der Waals surface area contributed by atoms with Crippen molar-refractivity contribution in [3.05, 3.63) is 71.0 Å². The number of piperidine rings is 2. The standard InChI is InChI=1S/C25H33FN4O.HI/c1-27-25(28-15-20-9-10-23(26)22(14-20)18-31)30-13-11-24-21(17-30)8-5-12-29(24)16-19-6-3-2-4-7-19;/h2-4,6-7,9-10,14,21,24,31H,5,8,11-13,15-18H2,1H3,(H,27,28);1H. The molecule has 0 saturated carbocycles. The van der Waals surface area contributed by atoms with Crippen LogP contribution in [-0.2, 0) is 19.7 Å². The molecular formula is C25H34FIN4O. The minimum absolute atomic E-state index is 0. The summed E-state index contributed by atoms with van der Waals surface area (Å²) < 4.78 is 13.6. The fourth-order valence-corrected chi connectivity index (χ4v) is 5.09. The van der Waals surface area contributed by atoms with Crippen molar-refractivity contribution >= 4 is 29.9 Å². The highest BCUT2D eigenvalue weighted by molar-refractivity contribution is 14.0. The summed E-state index contributed by atoms with van der Waals surface area (Å²) in [6, 6.07) is 16.3. The number of rotatable bonds is 5. The molecule has 2 atom stereocenters. The Balaban J connectivity index is 0.00000289. The lowest BCUT2D eigenvalue weighted by atomic mass is 9.83. The fraction of sp³-hybridized carbons (Fsp3) is 0.480. The number of hydrogen-bond acceptors (Lipinski definition) is 3. The van der Waals surface area contributed by atoms with Crippen LogP contribution in [0.5, 0.6) is 0 Å². The zero-order valence-corrected chi connectivity index (χ0v) is 21.0. The van der Waals surface area contributed by atoms with Gasteiger partial charge in [-0.1, -0.05) is 36.4 Å². The topological polar surface area (TPSA) is 51.1 Å². The van der Waals surface area contributed by atoms with Crippen molar-refractivity contribution in [1.82, 2.24) is 15.1 Å². The zero-order chi connectivity index (χ0) is 21.6. The highest BCUT2D eigenvalue weighted by atomic mass is 127. The Labute approximate surface area is 207 Å². The molecule has 0 amide bonds. The third-order valence-corrected chi connectivity index (χ3v) is 6.65. The van der Waals surface area contributed by atoms with Crippen LogP contribution in [0, 0.1) is 11.7 Å². The zero-order valence-electron chi connectivity index (χ0n) is 18.7. The van der Waals surface area contributed by atoms with Crippen LogP contribution in [0.3, 0.4) is 0 Å². The Morgan fingerprint density at radius 3 is 2.69 bits per heavy atom. The average molecular weight is 552 g/mol. The normalized spacial score (nSPS) is 21.6. The molecule has 2 aromatic carbocycles. The van der Waals surface area contributed by atoms with Gasteiger partial charge < -0.3 is 15.3 Å². The first kappa shape index (κ1) is 24.9. The number of likely N-dealkylation sites (tertiary alicyclic amines) is 2. The molecule has 2 saturated heterocycles. The molecule has 4 rings (SSSR count). The lowest BCUT2D eigenvalue weighted by molar-refractivity contribution is 0.0372. The Bertz CT molecular complexity index is 895. The molecule has 0 aromatic heterocycles. The molecule has 2 heterocycles. The van der Waals surface area contributed by atoms with Crippen LogP contribution in [0.25, 0.3) is 0 Å². The number of guanidine groups is 1. The number of aliphatic imine (C=N–C) groups is 1. The summed E-state index contributed by atoms with van der Waals surface area (Å²) in [6.45, 7) is 4.49. The van der Waals surface area contributed by atoms with Gasteiger partial charge in [0.2, 0.25) is 0 Å². The van der Waals surface area contributed by atoms with Crippen molar-refractivity contribution in [2.75, 3.05) is 26.7 Å². The second kappa shape index (κ2) is 12.0. The Morgan fingerprint density at radius 1 is 1.12 bits per heavy atom. The summed E-state index contributed by atoms with van der Waals surface area (Å²) in [5.74, 6) is 1.18. The van der Waals surface area contributed by atoms with E-state index in [9.17, 15) is 9.50 Å². The average Bonchev–Trinajstić information content (AvgIpc) is 2.81. The van der Waals surface area contributed by atoms with Crippen molar-refractivity contribution < 1.29 is 9.50 Å². The molecule has 174 valence electrons. The maximum atomic E-state index is 13.6. The molecule has 0 bridgehead atoms. The van der Waals surface area contributed by atoms with Gasteiger partial charge in [0.25, 0.3) is 0 Å². The van der Waals surface area contributed by atoms with Crippen molar-refractivity contribution in [3.8, 4) is 0 Å². The molecule has 2 aliphatic heterocycles. The van der Waals surface area contributed by atoms with Crippen molar-refractivity contribution in [3.63, 3.8) is 0 Å². The molecule has 2 N–H and O–H groups in total. The number of halogens is 2. The van der Waals surface area contributed by atoms with E-state index in [-0.39, 0.29) is 36.4 Å². The monoisotopic (exact) mass is 552 g/mol. The molecular weight excluding hydrogens is 518 g/mol. The van der Waals surface area contributed by atoms with E-state index in [0.29, 0.717) is 24.1 Å². The maximum absolute atomic E-state index is 13.6. The van der Waals surface area contributed by atoms with E-state index in [1.165, 1.54) is 31.0 Å². The molecule has 0 radical (unpaired) electrons. The smallest absolute Gasteiger partial charge is 0.193 e. The van der Waals surface area contributed by atoms with Crippen LogP contribution in [0.2, 0.25) is 0 Å². The van der Waals surface area contributed by atoms with Gasteiger partial charge in [0.1, 0.15) is 5.82 Å². The quantitative estimate of drug-likeness (QED) is 0.335. The van der Waals surface area contributed by atoms with E-state index < -0.39 is 0 Å². The van der Waals surface area contributed by atoms with Gasteiger partial charge in [-0.25, -0.2) is 4.39 Å².